The second-order valence-corrected chi connectivity index (χ2v) is 5.77. The quantitative estimate of drug-likeness (QED) is 0.474. The van der Waals surface area contributed by atoms with Crippen LogP contribution in [0.15, 0.2) is 5.03 Å². The molecule has 0 radical (unpaired) electrons. The van der Waals surface area contributed by atoms with Crippen molar-refractivity contribution in [3.8, 4) is 0 Å². The van der Waals surface area contributed by atoms with Crippen molar-refractivity contribution in [1.29, 1.82) is 0 Å². The van der Waals surface area contributed by atoms with Gasteiger partial charge in [0.25, 0.3) is 0 Å². The lowest BCUT2D eigenvalue weighted by Crippen LogP contribution is -2.10. The first-order chi connectivity index (χ1) is 9.49. The van der Waals surface area contributed by atoms with Crippen LogP contribution in [0.3, 0.4) is 0 Å². The lowest BCUT2D eigenvalue weighted by molar-refractivity contribution is -0.137. The molecule has 0 aliphatic carbocycles. The molecule has 112 valence electrons. The monoisotopic (exact) mass is 297 g/mol. The zero-order valence-electron chi connectivity index (χ0n) is 12.8. The van der Waals surface area contributed by atoms with Crippen LogP contribution in [0.4, 0.5) is 5.82 Å². The fourth-order valence-corrected chi connectivity index (χ4v) is 2.36. The van der Waals surface area contributed by atoms with E-state index in [1.54, 1.807) is 0 Å². The Morgan fingerprint density at radius 1 is 1.40 bits per heavy atom. The number of nitrogens with zero attached hydrogens (tertiary/aromatic N) is 2. The highest BCUT2D eigenvalue weighted by atomic mass is 32.2. The van der Waals surface area contributed by atoms with Crippen LogP contribution in [0.5, 0.6) is 0 Å². The molecule has 0 aromatic carbocycles. The Morgan fingerprint density at radius 2 is 2.10 bits per heavy atom. The van der Waals surface area contributed by atoms with E-state index in [1.807, 2.05) is 6.92 Å². The van der Waals surface area contributed by atoms with Crippen molar-refractivity contribution >= 4 is 23.5 Å². The topological polar surface area (TPSA) is 64.1 Å². The van der Waals surface area contributed by atoms with E-state index in [9.17, 15) is 4.79 Å². The summed E-state index contributed by atoms with van der Waals surface area (Å²) in [4.78, 5) is 20.4. The lowest BCUT2D eigenvalue weighted by atomic mass is 10.2. The highest BCUT2D eigenvalue weighted by Crippen LogP contribution is 2.27. The molecule has 0 aliphatic rings. The number of thioether (sulfide) groups is 1. The first-order valence-electron chi connectivity index (χ1n) is 6.81. The van der Waals surface area contributed by atoms with Gasteiger partial charge in [-0.25, -0.2) is 9.97 Å². The number of anilines is 1. The van der Waals surface area contributed by atoms with Crippen molar-refractivity contribution in [2.75, 3.05) is 24.7 Å². The molecule has 0 amide bonds. The van der Waals surface area contributed by atoms with Gasteiger partial charge in [-0.15, -0.1) is 0 Å². The molecule has 1 aromatic rings. The first kappa shape index (κ1) is 16.8. The van der Waals surface area contributed by atoms with E-state index in [0.29, 0.717) is 0 Å². The summed E-state index contributed by atoms with van der Waals surface area (Å²) in [5, 5.41) is 4.16. The third-order valence-electron chi connectivity index (χ3n) is 2.73. The summed E-state index contributed by atoms with van der Waals surface area (Å²) in [5.41, 5.74) is 0.983. The van der Waals surface area contributed by atoms with Crippen LogP contribution in [0.1, 0.15) is 44.5 Å². The molecule has 0 saturated carbocycles. The van der Waals surface area contributed by atoms with Gasteiger partial charge in [-0.3, -0.25) is 4.79 Å². The van der Waals surface area contributed by atoms with E-state index in [1.165, 1.54) is 18.9 Å². The maximum absolute atomic E-state index is 11.3. The predicted molar refractivity (Wildman–Crippen MR) is 82.4 cm³/mol. The number of esters is 1. The zero-order chi connectivity index (χ0) is 15.1. The van der Waals surface area contributed by atoms with Gasteiger partial charge >= 0.3 is 5.97 Å². The van der Waals surface area contributed by atoms with Crippen LogP contribution in [0.2, 0.25) is 0 Å². The molecule has 0 atom stereocenters. The molecular weight excluding hydrogens is 274 g/mol. The summed E-state index contributed by atoms with van der Waals surface area (Å²) in [6, 6.07) is 0. The predicted octanol–water partition coefficient (Wildman–Crippen LogP) is 3.00. The SMILES string of the molecule is CCCNc1nc(C(C)C)nc(SCC(=O)OC)c1C. The molecule has 1 rings (SSSR count). The van der Waals surface area contributed by atoms with Crippen LogP contribution in [-0.2, 0) is 9.53 Å². The van der Waals surface area contributed by atoms with Crippen molar-refractivity contribution in [3.63, 3.8) is 0 Å². The first-order valence-corrected chi connectivity index (χ1v) is 7.80. The Labute approximate surface area is 124 Å². The summed E-state index contributed by atoms with van der Waals surface area (Å²) >= 11 is 1.39. The molecule has 0 saturated heterocycles. The fourth-order valence-electron chi connectivity index (χ4n) is 1.51. The molecular formula is C14H23N3O2S. The van der Waals surface area contributed by atoms with Gasteiger partial charge < -0.3 is 10.1 Å². The van der Waals surface area contributed by atoms with E-state index < -0.39 is 0 Å². The van der Waals surface area contributed by atoms with Crippen molar-refractivity contribution in [2.45, 2.75) is 45.1 Å². The molecule has 6 heteroatoms. The van der Waals surface area contributed by atoms with E-state index in [4.69, 9.17) is 0 Å². The molecule has 1 heterocycles. The van der Waals surface area contributed by atoms with Crippen molar-refractivity contribution in [1.82, 2.24) is 9.97 Å². The molecule has 0 fully saturated rings. The normalized spacial score (nSPS) is 10.7. The van der Waals surface area contributed by atoms with Gasteiger partial charge in [0.1, 0.15) is 16.7 Å². The largest absolute Gasteiger partial charge is 0.468 e. The van der Waals surface area contributed by atoms with Gasteiger partial charge in [0.2, 0.25) is 0 Å². The van der Waals surface area contributed by atoms with E-state index in [0.717, 1.165) is 35.2 Å². The number of hydrogen-bond acceptors (Lipinski definition) is 6. The summed E-state index contributed by atoms with van der Waals surface area (Å²) in [7, 11) is 1.39. The van der Waals surface area contributed by atoms with Crippen LogP contribution >= 0.6 is 11.8 Å². The van der Waals surface area contributed by atoms with Crippen molar-refractivity contribution < 1.29 is 9.53 Å². The average Bonchev–Trinajstić information content (AvgIpc) is 2.44. The Morgan fingerprint density at radius 3 is 2.65 bits per heavy atom. The number of ether oxygens (including phenoxy) is 1. The maximum atomic E-state index is 11.3. The number of aromatic nitrogens is 2. The van der Waals surface area contributed by atoms with E-state index in [2.05, 4.69) is 40.8 Å². The molecule has 0 bridgehead atoms. The Hall–Kier alpha value is -1.30. The Kier molecular flexibility index (Phi) is 6.78. The van der Waals surface area contributed by atoms with Crippen LogP contribution in [0, 0.1) is 6.92 Å². The summed E-state index contributed by atoms with van der Waals surface area (Å²) in [6.45, 7) is 9.07. The summed E-state index contributed by atoms with van der Waals surface area (Å²) in [5.74, 6) is 1.91. The second-order valence-electron chi connectivity index (χ2n) is 4.81. The molecule has 0 unspecified atom stereocenters. The Balaban J connectivity index is 3.00. The van der Waals surface area contributed by atoms with E-state index >= 15 is 0 Å². The van der Waals surface area contributed by atoms with Gasteiger partial charge in [0.05, 0.1) is 12.9 Å². The average molecular weight is 297 g/mol. The minimum absolute atomic E-state index is 0.246. The zero-order valence-corrected chi connectivity index (χ0v) is 13.6. The van der Waals surface area contributed by atoms with Gasteiger partial charge in [-0.1, -0.05) is 32.5 Å². The number of methoxy groups -OCH3 is 1. The number of carbonyl (C=O) groups excluding carboxylic acids is 1. The molecule has 1 N–H and O–H groups in total. The molecule has 0 aliphatic heterocycles. The number of nitrogens with one attached hydrogen (secondary N) is 1. The number of rotatable bonds is 7. The van der Waals surface area contributed by atoms with E-state index in [-0.39, 0.29) is 17.6 Å². The fraction of sp³-hybridized carbons (Fsp3) is 0.643. The molecule has 0 spiro atoms. The van der Waals surface area contributed by atoms with Crippen molar-refractivity contribution in [3.05, 3.63) is 11.4 Å². The molecule has 5 nitrogen and oxygen atoms in total. The summed E-state index contributed by atoms with van der Waals surface area (Å²) in [6.07, 6.45) is 1.03. The van der Waals surface area contributed by atoms with Gasteiger partial charge in [-0.05, 0) is 13.3 Å². The third-order valence-corrected chi connectivity index (χ3v) is 3.78. The summed E-state index contributed by atoms with van der Waals surface area (Å²) < 4.78 is 4.67. The van der Waals surface area contributed by atoms with Gasteiger partial charge in [-0.2, -0.15) is 0 Å². The smallest absolute Gasteiger partial charge is 0.316 e. The third kappa shape index (κ3) is 4.67. The lowest BCUT2D eigenvalue weighted by Gasteiger charge is -2.14. The maximum Gasteiger partial charge on any atom is 0.316 e. The molecule has 1 aromatic heterocycles. The molecule has 20 heavy (non-hydrogen) atoms. The highest BCUT2D eigenvalue weighted by Gasteiger charge is 2.14. The van der Waals surface area contributed by atoms with Gasteiger partial charge in [0, 0.05) is 18.0 Å². The standard InChI is InChI=1S/C14H23N3O2S/c1-6-7-15-13-10(4)14(20-8-11(18)19-5)17-12(16-13)9(2)3/h9H,6-8H2,1-5H3,(H,15,16,17). The highest BCUT2D eigenvalue weighted by molar-refractivity contribution is 7.99. The number of carbonyl (C=O) groups is 1. The number of hydrogen-bond donors (Lipinski definition) is 1. The van der Waals surface area contributed by atoms with Crippen LogP contribution in [-0.4, -0.2) is 35.3 Å². The second kappa shape index (κ2) is 8.09. The Bertz CT molecular complexity index is 464. The minimum Gasteiger partial charge on any atom is -0.468 e. The van der Waals surface area contributed by atoms with Crippen LogP contribution in [0.25, 0.3) is 0 Å². The minimum atomic E-state index is -0.248. The van der Waals surface area contributed by atoms with Crippen LogP contribution < -0.4 is 5.32 Å². The van der Waals surface area contributed by atoms with Crippen molar-refractivity contribution in [2.24, 2.45) is 0 Å². The van der Waals surface area contributed by atoms with Gasteiger partial charge in [0.15, 0.2) is 0 Å².